The van der Waals surface area contributed by atoms with E-state index >= 15 is 0 Å². The first-order valence-corrected chi connectivity index (χ1v) is 6.18. The van der Waals surface area contributed by atoms with Crippen molar-refractivity contribution in [3.05, 3.63) is 41.1 Å². The molecular formula is C15H14N4O. The third-order valence-electron chi connectivity index (χ3n) is 3.46. The van der Waals surface area contributed by atoms with Crippen molar-refractivity contribution in [3.63, 3.8) is 0 Å². The van der Waals surface area contributed by atoms with Crippen molar-refractivity contribution >= 4 is 11.6 Å². The Kier molecular flexibility index (Phi) is 3.45. The van der Waals surface area contributed by atoms with E-state index < -0.39 is 5.41 Å². The summed E-state index contributed by atoms with van der Waals surface area (Å²) < 4.78 is 0. The molecule has 1 aromatic carbocycles. The van der Waals surface area contributed by atoms with E-state index in [1.807, 2.05) is 32.0 Å². The molecule has 20 heavy (non-hydrogen) atoms. The van der Waals surface area contributed by atoms with Crippen molar-refractivity contribution in [2.75, 3.05) is 5.32 Å². The van der Waals surface area contributed by atoms with Crippen molar-refractivity contribution in [2.45, 2.75) is 25.8 Å². The number of carbonyl (C=O) groups is 1. The van der Waals surface area contributed by atoms with Crippen LogP contribution in [0.5, 0.6) is 0 Å². The lowest BCUT2D eigenvalue weighted by molar-refractivity contribution is -0.126. The van der Waals surface area contributed by atoms with E-state index in [0.29, 0.717) is 6.54 Å². The molecule has 1 heterocycles. The fraction of sp³-hybridized carbons (Fsp3) is 0.267. The number of allylic oxidation sites excluding steroid dienone is 1. The van der Waals surface area contributed by atoms with Gasteiger partial charge in [-0.15, -0.1) is 0 Å². The van der Waals surface area contributed by atoms with E-state index in [-0.39, 0.29) is 11.5 Å². The highest BCUT2D eigenvalue weighted by Crippen LogP contribution is 2.34. The molecule has 1 aromatic rings. The Morgan fingerprint density at radius 3 is 2.75 bits per heavy atom. The molecule has 100 valence electrons. The maximum atomic E-state index is 11.9. The Morgan fingerprint density at radius 2 is 2.10 bits per heavy atom. The Hall–Kier alpha value is -2.79. The minimum Gasteiger partial charge on any atom is -0.360 e. The van der Waals surface area contributed by atoms with E-state index in [2.05, 4.69) is 10.6 Å². The number of anilines is 1. The van der Waals surface area contributed by atoms with Crippen LogP contribution >= 0.6 is 0 Å². The summed E-state index contributed by atoms with van der Waals surface area (Å²) in [5, 5.41) is 23.3. The lowest BCUT2D eigenvalue weighted by atomic mass is 9.78. The monoisotopic (exact) mass is 266 g/mol. The molecule has 0 bridgehead atoms. The fourth-order valence-electron chi connectivity index (χ4n) is 2.25. The number of fused-ring (bicyclic) bond motifs is 1. The smallest absolute Gasteiger partial charge is 0.230 e. The molecule has 2 rings (SSSR count). The van der Waals surface area contributed by atoms with Crippen LogP contribution < -0.4 is 10.6 Å². The summed E-state index contributed by atoms with van der Waals surface area (Å²) in [5.74, 6) is -0.00701. The van der Waals surface area contributed by atoms with Gasteiger partial charge in [-0.05, 0) is 31.0 Å². The fourth-order valence-corrected chi connectivity index (χ4v) is 2.25. The quantitative estimate of drug-likeness (QED) is 0.800. The predicted molar refractivity (Wildman–Crippen MR) is 74.2 cm³/mol. The number of carbonyl (C=O) groups excluding carboxylic acids is 1. The molecule has 0 saturated heterocycles. The normalized spacial score (nSPS) is 15.1. The van der Waals surface area contributed by atoms with Crippen LogP contribution in [0.3, 0.4) is 0 Å². The minimum absolute atomic E-state index is 0.00158. The molecule has 0 atom stereocenters. The number of nitrogens with one attached hydrogen (secondary N) is 2. The second kappa shape index (κ2) is 5.07. The van der Waals surface area contributed by atoms with Gasteiger partial charge in [0.05, 0.1) is 5.41 Å². The first kappa shape index (κ1) is 13.6. The third-order valence-corrected chi connectivity index (χ3v) is 3.46. The van der Waals surface area contributed by atoms with Gasteiger partial charge in [0.15, 0.2) is 0 Å². The molecule has 0 spiro atoms. The zero-order chi connectivity index (χ0) is 14.8. The van der Waals surface area contributed by atoms with Gasteiger partial charge in [0.2, 0.25) is 5.91 Å². The van der Waals surface area contributed by atoms with Gasteiger partial charge in [-0.1, -0.05) is 12.1 Å². The predicted octanol–water partition coefficient (Wildman–Crippen LogP) is 1.94. The Morgan fingerprint density at radius 1 is 1.40 bits per heavy atom. The van der Waals surface area contributed by atoms with E-state index in [1.54, 1.807) is 12.1 Å². The van der Waals surface area contributed by atoms with Crippen LogP contribution in [0.4, 0.5) is 5.69 Å². The zero-order valence-corrected chi connectivity index (χ0v) is 11.3. The molecule has 0 radical (unpaired) electrons. The van der Waals surface area contributed by atoms with Crippen molar-refractivity contribution in [1.29, 1.82) is 10.5 Å². The lowest BCUT2D eigenvalue weighted by Gasteiger charge is -2.32. The van der Waals surface area contributed by atoms with Gasteiger partial charge in [0.25, 0.3) is 0 Å². The summed E-state index contributed by atoms with van der Waals surface area (Å²) in [5.41, 5.74) is 2.13. The van der Waals surface area contributed by atoms with Crippen LogP contribution in [-0.4, -0.2) is 5.91 Å². The van der Waals surface area contributed by atoms with Crippen molar-refractivity contribution < 1.29 is 4.79 Å². The number of benzene rings is 1. The molecule has 1 amide bonds. The summed E-state index contributed by atoms with van der Waals surface area (Å²) in [6.45, 7) is 4.18. The molecule has 1 aliphatic rings. The first-order valence-electron chi connectivity index (χ1n) is 6.18. The maximum Gasteiger partial charge on any atom is 0.230 e. The number of hydrogen-bond acceptors (Lipinski definition) is 4. The highest BCUT2D eigenvalue weighted by Gasteiger charge is 2.35. The van der Waals surface area contributed by atoms with Crippen LogP contribution in [-0.2, 0) is 16.8 Å². The average molecular weight is 266 g/mol. The molecule has 0 aromatic heterocycles. The van der Waals surface area contributed by atoms with Crippen LogP contribution in [0.2, 0.25) is 0 Å². The Bertz CT molecular complexity index is 658. The van der Waals surface area contributed by atoms with Gasteiger partial charge >= 0.3 is 0 Å². The van der Waals surface area contributed by atoms with Crippen molar-refractivity contribution in [1.82, 2.24) is 5.32 Å². The van der Waals surface area contributed by atoms with Crippen LogP contribution in [0, 0.1) is 22.7 Å². The SMILES string of the molecule is CC1(C)C(=O)NCc2c(NC=C(C#N)C#N)cccc21. The maximum absolute atomic E-state index is 11.9. The zero-order valence-electron chi connectivity index (χ0n) is 11.3. The number of nitrogens with zero attached hydrogens (tertiary/aromatic N) is 2. The molecule has 5 heteroatoms. The highest BCUT2D eigenvalue weighted by atomic mass is 16.2. The Balaban J connectivity index is 2.43. The largest absolute Gasteiger partial charge is 0.360 e. The second-order valence-electron chi connectivity index (χ2n) is 5.07. The van der Waals surface area contributed by atoms with Gasteiger partial charge in [-0.25, -0.2) is 0 Å². The Labute approximate surface area is 117 Å². The van der Waals surface area contributed by atoms with E-state index in [9.17, 15) is 4.79 Å². The van der Waals surface area contributed by atoms with Gasteiger partial charge in [-0.2, -0.15) is 10.5 Å². The van der Waals surface area contributed by atoms with Crippen LogP contribution in [0.15, 0.2) is 30.0 Å². The van der Waals surface area contributed by atoms with Gasteiger partial charge in [0, 0.05) is 18.4 Å². The average Bonchev–Trinajstić information content (AvgIpc) is 2.44. The topological polar surface area (TPSA) is 88.7 Å². The molecule has 0 unspecified atom stereocenters. The van der Waals surface area contributed by atoms with Crippen LogP contribution in [0.25, 0.3) is 0 Å². The summed E-state index contributed by atoms with van der Waals surface area (Å²) >= 11 is 0. The standard InChI is InChI=1S/C15H14N4O/c1-15(2)12-4-3-5-13(11(12)9-19-14(15)20)18-8-10(6-16)7-17/h3-5,8,18H,9H2,1-2H3,(H,19,20). The number of hydrogen-bond donors (Lipinski definition) is 2. The molecule has 0 aliphatic carbocycles. The minimum atomic E-state index is -0.595. The van der Waals surface area contributed by atoms with E-state index in [0.717, 1.165) is 16.8 Å². The molecular weight excluding hydrogens is 252 g/mol. The number of amides is 1. The van der Waals surface area contributed by atoms with E-state index in [1.165, 1.54) is 6.20 Å². The lowest BCUT2D eigenvalue weighted by Crippen LogP contribution is -2.44. The van der Waals surface area contributed by atoms with Gasteiger partial charge in [0.1, 0.15) is 17.7 Å². The number of rotatable bonds is 2. The summed E-state index contributed by atoms with van der Waals surface area (Å²) in [4.78, 5) is 11.9. The van der Waals surface area contributed by atoms with Gasteiger partial charge < -0.3 is 10.6 Å². The molecule has 0 saturated carbocycles. The molecule has 5 nitrogen and oxygen atoms in total. The summed E-state index contributed by atoms with van der Waals surface area (Å²) in [7, 11) is 0. The third kappa shape index (κ3) is 2.22. The molecule has 1 aliphatic heterocycles. The van der Waals surface area contributed by atoms with Crippen LogP contribution in [0.1, 0.15) is 25.0 Å². The highest BCUT2D eigenvalue weighted by molar-refractivity contribution is 5.90. The summed E-state index contributed by atoms with van der Waals surface area (Å²) in [6, 6.07) is 9.23. The molecule has 2 N–H and O–H groups in total. The molecule has 0 fully saturated rings. The van der Waals surface area contributed by atoms with E-state index in [4.69, 9.17) is 10.5 Å². The second-order valence-corrected chi connectivity index (χ2v) is 5.07. The van der Waals surface area contributed by atoms with Gasteiger partial charge in [-0.3, -0.25) is 4.79 Å². The first-order chi connectivity index (χ1) is 9.50. The number of nitriles is 2. The van der Waals surface area contributed by atoms with Crippen molar-refractivity contribution in [2.24, 2.45) is 0 Å². The van der Waals surface area contributed by atoms with Crippen molar-refractivity contribution in [3.8, 4) is 12.1 Å². The summed E-state index contributed by atoms with van der Waals surface area (Å²) in [6.07, 6.45) is 1.37.